The predicted octanol–water partition coefficient (Wildman–Crippen LogP) is 13.1. The Hall–Kier alpha value is -7.86. The first kappa shape index (κ1) is 30.7. The Balaban J connectivity index is 1.09. The number of para-hydroxylation sites is 4. The third kappa shape index (κ3) is 4.58. The summed E-state index contributed by atoms with van der Waals surface area (Å²) in [5.41, 5.74) is 13.0. The van der Waals surface area contributed by atoms with E-state index >= 15 is 0 Å². The average Bonchev–Trinajstić information content (AvgIpc) is 3.89. The zero-order valence-electron chi connectivity index (χ0n) is 29.5. The van der Waals surface area contributed by atoms with Crippen molar-refractivity contribution in [3.05, 3.63) is 193 Å². The fourth-order valence-corrected chi connectivity index (χ4v) is 8.68. The highest BCUT2D eigenvalue weighted by Gasteiger charge is 2.18. The average molecular weight is 700 g/mol. The molecule has 5 heteroatoms. The molecule has 11 aromatic rings. The Morgan fingerprint density at radius 2 is 0.855 bits per heavy atom. The fourth-order valence-electron chi connectivity index (χ4n) is 8.68. The van der Waals surface area contributed by atoms with Crippen LogP contribution >= 0.6 is 0 Å². The molecular weight excluding hydrogens is 671 g/mol. The lowest BCUT2D eigenvalue weighted by atomic mass is 10.0. The van der Waals surface area contributed by atoms with E-state index in [4.69, 9.17) is 6.57 Å². The Morgan fingerprint density at radius 1 is 0.382 bits per heavy atom. The van der Waals surface area contributed by atoms with Crippen molar-refractivity contribution in [2.75, 3.05) is 0 Å². The van der Waals surface area contributed by atoms with Crippen LogP contribution in [0.15, 0.2) is 176 Å². The Bertz CT molecular complexity index is 3420. The third-order valence-electron chi connectivity index (χ3n) is 11.0. The first-order valence-corrected chi connectivity index (χ1v) is 18.3. The van der Waals surface area contributed by atoms with Gasteiger partial charge in [-0.25, -0.2) is 4.85 Å². The van der Waals surface area contributed by atoms with Crippen LogP contribution < -0.4 is 0 Å². The molecule has 0 aliphatic carbocycles. The van der Waals surface area contributed by atoms with Crippen molar-refractivity contribution in [1.82, 2.24) is 13.7 Å². The van der Waals surface area contributed by atoms with Crippen molar-refractivity contribution >= 4 is 71.1 Å². The van der Waals surface area contributed by atoms with E-state index in [1.54, 1.807) is 0 Å². The molecule has 8 aromatic carbocycles. The topological polar surface area (TPSA) is 42.9 Å². The highest BCUT2D eigenvalue weighted by atomic mass is 15.0. The van der Waals surface area contributed by atoms with Gasteiger partial charge in [0.15, 0.2) is 5.69 Å². The summed E-state index contributed by atoms with van der Waals surface area (Å²) in [6.45, 7) is 8.06. The molecule has 0 saturated carbocycles. The van der Waals surface area contributed by atoms with Crippen molar-refractivity contribution in [3.8, 4) is 34.3 Å². The molecule has 0 bridgehead atoms. The van der Waals surface area contributed by atoms with Crippen LogP contribution in [-0.4, -0.2) is 13.7 Å². The van der Waals surface area contributed by atoms with Gasteiger partial charge < -0.3 is 13.7 Å². The van der Waals surface area contributed by atoms with Gasteiger partial charge in [-0.15, -0.1) is 0 Å². The zero-order chi connectivity index (χ0) is 36.6. The summed E-state index contributed by atoms with van der Waals surface area (Å²) in [7, 11) is 0. The van der Waals surface area contributed by atoms with E-state index in [2.05, 4.69) is 176 Å². The molecule has 0 saturated heterocycles. The first-order valence-electron chi connectivity index (χ1n) is 18.3. The lowest BCUT2D eigenvalue weighted by Gasteiger charge is -2.14. The minimum atomic E-state index is 0.595. The summed E-state index contributed by atoms with van der Waals surface area (Å²) in [6.07, 6.45) is 0. The molecule has 0 unspecified atom stereocenters. The predicted molar refractivity (Wildman–Crippen MR) is 226 cm³/mol. The van der Waals surface area contributed by atoms with Gasteiger partial charge in [-0.1, -0.05) is 84.9 Å². The zero-order valence-corrected chi connectivity index (χ0v) is 29.5. The van der Waals surface area contributed by atoms with Crippen LogP contribution in [0.25, 0.3) is 98.5 Å². The maximum Gasteiger partial charge on any atom is 0.189 e. The monoisotopic (exact) mass is 699 g/mol. The van der Waals surface area contributed by atoms with Crippen molar-refractivity contribution in [1.29, 1.82) is 5.26 Å². The van der Waals surface area contributed by atoms with E-state index in [1.165, 1.54) is 16.2 Å². The molecule has 5 nitrogen and oxygen atoms in total. The molecule has 0 N–H and O–H groups in total. The number of fused-ring (bicyclic) bond motifs is 9. The number of nitriles is 1. The summed E-state index contributed by atoms with van der Waals surface area (Å²) >= 11 is 0. The van der Waals surface area contributed by atoms with Gasteiger partial charge in [-0.05, 0) is 102 Å². The summed E-state index contributed by atoms with van der Waals surface area (Å²) < 4.78 is 6.92. The number of hydrogen-bond acceptors (Lipinski definition) is 1. The van der Waals surface area contributed by atoms with Crippen molar-refractivity contribution in [3.63, 3.8) is 0 Å². The largest absolute Gasteiger partial charge is 0.310 e. The maximum absolute atomic E-state index is 9.66. The number of nitrogens with zero attached hydrogens (tertiary/aromatic N) is 5. The van der Waals surface area contributed by atoms with Crippen molar-refractivity contribution < 1.29 is 0 Å². The van der Waals surface area contributed by atoms with Gasteiger partial charge in [0.1, 0.15) is 0 Å². The second-order valence-electron chi connectivity index (χ2n) is 14.0. The van der Waals surface area contributed by atoms with Gasteiger partial charge in [-0.3, -0.25) is 0 Å². The van der Waals surface area contributed by atoms with Crippen LogP contribution in [0.2, 0.25) is 0 Å². The van der Waals surface area contributed by atoms with Crippen LogP contribution in [0.5, 0.6) is 0 Å². The molecule has 0 aliphatic heterocycles. The third-order valence-corrected chi connectivity index (χ3v) is 11.0. The Morgan fingerprint density at radius 3 is 1.44 bits per heavy atom. The van der Waals surface area contributed by atoms with Crippen molar-refractivity contribution in [2.24, 2.45) is 0 Å². The highest BCUT2D eigenvalue weighted by Crippen LogP contribution is 2.39. The minimum absolute atomic E-state index is 0.595. The molecule has 0 radical (unpaired) electrons. The van der Waals surface area contributed by atoms with Gasteiger partial charge in [0.25, 0.3) is 0 Å². The molecule has 0 spiro atoms. The lowest BCUT2D eigenvalue weighted by Crippen LogP contribution is -1.97. The molecule has 3 aromatic heterocycles. The summed E-state index contributed by atoms with van der Waals surface area (Å²) in [4.78, 5) is 3.93. The molecule has 11 rings (SSSR count). The summed E-state index contributed by atoms with van der Waals surface area (Å²) in [5, 5.41) is 16.6. The molecule has 3 heterocycles. The van der Waals surface area contributed by atoms with Gasteiger partial charge >= 0.3 is 0 Å². The molecule has 0 amide bonds. The van der Waals surface area contributed by atoms with E-state index in [0.29, 0.717) is 11.3 Å². The maximum atomic E-state index is 9.66. The number of benzene rings is 8. The molecule has 254 valence electrons. The quantitative estimate of drug-likeness (QED) is 0.169. The van der Waals surface area contributed by atoms with E-state index in [1.807, 2.05) is 24.3 Å². The summed E-state index contributed by atoms with van der Waals surface area (Å²) in [6, 6.07) is 63.7. The van der Waals surface area contributed by atoms with Crippen LogP contribution in [0.4, 0.5) is 5.69 Å². The van der Waals surface area contributed by atoms with Crippen LogP contribution in [0.3, 0.4) is 0 Å². The number of hydrogen-bond donors (Lipinski definition) is 0. The second kappa shape index (κ2) is 11.8. The number of aromatic nitrogens is 3. The van der Waals surface area contributed by atoms with Crippen LogP contribution in [0, 0.1) is 17.9 Å². The molecular formula is C50H29N5. The van der Waals surface area contributed by atoms with Crippen molar-refractivity contribution in [2.45, 2.75) is 0 Å². The SMILES string of the molecule is [C-]#[N+]c1cc(-c2cccc(-n3c4ccccc4c4cc(-n5c6ccccc6c6cc(C#N)ccc65)ccc43)c2)cc(-n2c3ccccc3c3ccccc32)c1. The molecule has 0 fully saturated rings. The van der Waals surface area contributed by atoms with Gasteiger partial charge in [0.05, 0.1) is 51.3 Å². The van der Waals surface area contributed by atoms with E-state index in [9.17, 15) is 5.26 Å². The highest BCUT2D eigenvalue weighted by molar-refractivity contribution is 6.13. The lowest BCUT2D eigenvalue weighted by molar-refractivity contribution is 1.16. The van der Waals surface area contributed by atoms with Crippen LogP contribution in [0.1, 0.15) is 5.56 Å². The minimum Gasteiger partial charge on any atom is -0.310 e. The van der Waals surface area contributed by atoms with Gasteiger partial charge in [0.2, 0.25) is 0 Å². The van der Waals surface area contributed by atoms with Gasteiger partial charge in [0, 0.05) is 49.4 Å². The van der Waals surface area contributed by atoms with E-state index in [-0.39, 0.29) is 0 Å². The Labute approximate surface area is 316 Å². The van der Waals surface area contributed by atoms with Gasteiger partial charge in [-0.2, -0.15) is 5.26 Å². The normalized spacial score (nSPS) is 11.6. The second-order valence-corrected chi connectivity index (χ2v) is 14.0. The smallest absolute Gasteiger partial charge is 0.189 e. The summed E-state index contributed by atoms with van der Waals surface area (Å²) in [5.74, 6) is 0. The van der Waals surface area contributed by atoms with Crippen LogP contribution in [-0.2, 0) is 0 Å². The molecule has 0 aliphatic rings. The molecule has 0 atom stereocenters. The van der Waals surface area contributed by atoms with E-state index in [0.717, 1.165) is 77.4 Å². The fraction of sp³-hybridized carbons (Fsp3) is 0. The molecule has 55 heavy (non-hydrogen) atoms. The number of rotatable bonds is 4. The first-order chi connectivity index (χ1) is 27.2. The van der Waals surface area contributed by atoms with E-state index < -0.39 is 0 Å². The Kier molecular flexibility index (Phi) is 6.61. The standard InChI is InChI=1S/C50H29N5/c1-52-35-26-34(28-38(29-35)55-45-17-6-2-13-39(45)40-14-3-7-18-46(40)55)33-11-10-12-36(27-33)53-48-20-9-5-16-42(48)44-30-37(22-24-50(44)53)54-47-19-8-4-15-41(47)43-25-32(31-51)21-23-49(43)54/h2-30H.